The zero-order valence-electron chi connectivity index (χ0n) is 12.2. The first kappa shape index (κ1) is 16.4. The van der Waals surface area contributed by atoms with E-state index in [0.29, 0.717) is 24.4 Å². The molecular formula is C13H21F2N3O2S. The van der Waals surface area contributed by atoms with Gasteiger partial charge in [-0.1, -0.05) is 13.8 Å². The predicted molar refractivity (Wildman–Crippen MR) is 76.0 cm³/mol. The molecule has 1 aliphatic rings. The maximum atomic E-state index is 13.3. The molecule has 1 N–H and O–H groups in total. The van der Waals surface area contributed by atoms with Gasteiger partial charge in [-0.2, -0.15) is 5.10 Å². The van der Waals surface area contributed by atoms with Crippen LogP contribution in [0.3, 0.4) is 0 Å². The number of aromatic nitrogens is 2. The second-order valence-corrected chi connectivity index (χ2v) is 8.11. The van der Waals surface area contributed by atoms with Gasteiger partial charge in [-0.15, -0.1) is 0 Å². The van der Waals surface area contributed by atoms with Crippen molar-refractivity contribution in [3.63, 3.8) is 0 Å². The first-order valence-electron chi connectivity index (χ1n) is 7.05. The third-order valence-electron chi connectivity index (χ3n) is 3.54. The molecule has 1 atom stereocenters. The Labute approximate surface area is 123 Å². The Morgan fingerprint density at radius 2 is 2.19 bits per heavy atom. The highest BCUT2D eigenvalue weighted by molar-refractivity contribution is 7.91. The fourth-order valence-electron chi connectivity index (χ4n) is 2.54. The summed E-state index contributed by atoms with van der Waals surface area (Å²) < 4.78 is 50.9. The van der Waals surface area contributed by atoms with Gasteiger partial charge in [0.05, 0.1) is 23.7 Å². The lowest BCUT2D eigenvalue weighted by molar-refractivity contribution is 0.135. The molecule has 0 bridgehead atoms. The van der Waals surface area contributed by atoms with Crippen molar-refractivity contribution in [1.82, 2.24) is 15.1 Å². The zero-order chi connectivity index (χ0) is 15.6. The van der Waals surface area contributed by atoms with Crippen LogP contribution in [0.2, 0.25) is 0 Å². The smallest absolute Gasteiger partial charge is 0.280 e. The van der Waals surface area contributed by atoms with Gasteiger partial charge >= 0.3 is 0 Å². The minimum absolute atomic E-state index is 0.0428. The topological polar surface area (TPSA) is 64.0 Å². The van der Waals surface area contributed by atoms with E-state index in [2.05, 4.69) is 10.4 Å². The number of nitrogens with one attached hydrogen (secondary N) is 1. The lowest BCUT2D eigenvalue weighted by atomic mass is 10.2. The molecule has 21 heavy (non-hydrogen) atoms. The summed E-state index contributed by atoms with van der Waals surface area (Å²) in [5.74, 6) is 0.365. The van der Waals surface area contributed by atoms with Crippen LogP contribution in [0, 0.1) is 5.92 Å². The molecule has 0 aromatic carbocycles. The molecule has 0 spiro atoms. The van der Waals surface area contributed by atoms with Crippen LogP contribution < -0.4 is 5.32 Å². The average molecular weight is 321 g/mol. The standard InChI is InChI=1S/C13H21F2N3O2S/c1-9(2)5-16-6-10-7-17-18(12(10)13(14)15)11-3-4-21(19,20)8-11/h7,9,11,13,16H,3-6,8H2,1-2H3. The van der Waals surface area contributed by atoms with Gasteiger partial charge in [0.15, 0.2) is 9.84 Å². The van der Waals surface area contributed by atoms with Crippen LogP contribution in [0.15, 0.2) is 6.20 Å². The van der Waals surface area contributed by atoms with E-state index in [-0.39, 0.29) is 17.2 Å². The van der Waals surface area contributed by atoms with Crippen LogP contribution >= 0.6 is 0 Å². The molecule has 8 heteroatoms. The second-order valence-electron chi connectivity index (χ2n) is 5.88. The molecule has 2 heterocycles. The number of alkyl halides is 2. The van der Waals surface area contributed by atoms with Gasteiger partial charge in [0.1, 0.15) is 5.69 Å². The lowest BCUT2D eigenvalue weighted by Crippen LogP contribution is -2.21. The van der Waals surface area contributed by atoms with E-state index in [1.807, 2.05) is 13.8 Å². The Morgan fingerprint density at radius 3 is 2.71 bits per heavy atom. The monoisotopic (exact) mass is 321 g/mol. The predicted octanol–water partition coefficient (Wildman–Crippen LogP) is 1.93. The minimum Gasteiger partial charge on any atom is -0.312 e. The van der Waals surface area contributed by atoms with E-state index < -0.39 is 22.3 Å². The van der Waals surface area contributed by atoms with Gasteiger partial charge in [0.25, 0.3) is 6.43 Å². The summed E-state index contributed by atoms with van der Waals surface area (Å²) in [4.78, 5) is 0. The molecule has 1 aromatic rings. The molecule has 1 unspecified atom stereocenters. The molecule has 1 aromatic heterocycles. The number of rotatable bonds is 6. The van der Waals surface area contributed by atoms with Crippen molar-refractivity contribution in [2.45, 2.75) is 39.3 Å². The zero-order valence-corrected chi connectivity index (χ0v) is 13.0. The van der Waals surface area contributed by atoms with Gasteiger partial charge in [0.2, 0.25) is 0 Å². The van der Waals surface area contributed by atoms with Gasteiger partial charge < -0.3 is 5.32 Å². The Morgan fingerprint density at radius 1 is 1.48 bits per heavy atom. The Kier molecular flexibility index (Phi) is 4.98. The number of sulfone groups is 1. The highest BCUT2D eigenvalue weighted by atomic mass is 32.2. The van der Waals surface area contributed by atoms with Gasteiger partial charge in [0, 0.05) is 12.1 Å². The van der Waals surface area contributed by atoms with Gasteiger partial charge in [-0.05, 0) is 18.9 Å². The van der Waals surface area contributed by atoms with E-state index in [0.717, 1.165) is 6.54 Å². The summed E-state index contributed by atoms with van der Waals surface area (Å²) in [6.07, 6.45) is -0.894. The van der Waals surface area contributed by atoms with Crippen molar-refractivity contribution in [3.8, 4) is 0 Å². The van der Waals surface area contributed by atoms with Crippen LogP contribution in [0.4, 0.5) is 8.78 Å². The highest BCUT2D eigenvalue weighted by Gasteiger charge is 2.33. The fourth-order valence-corrected chi connectivity index (χ4v) is 4.23. The number of halogens is 2. The van der Waals surface area contributed by atoms with Crippen LogP contribution in [0.25, 0.3) is 0 Å². The summed E-state index contributed by atoms with van der Waals surface area (Å²) >= 11 is 0. The average Bonchev–Trinajstić information content (AvgIpc) is 2.92. The first-order chi connectivity index (χ1) is 9.80. The third-order valence-corrected chi connectivity index (χ3v) is 5.29. The van der Waals surface area contributed by atoms with Crippen molar-refractivity contribution in [3.05, 3.63) is 17.5 Å². The number of nitrogens with zero attached hydrogens (tertiary/aromatic N) is 2. The molecule has 1 saturated heterocycles. The van der Waals surface area contributed by atoms with Crippen molar-refractivity contribution < 1.29 is 17.2 Å². The minimum atomic E-state index is -3.13. The largest absolute Gasteiger partial charge is 0.312 e. The normalized spacial score (nSPS) is 21.5. The van der Waals surface area contributed by atoms with E-state index >= 15 is 0 Å². The van der Waals surface area contributed by atoms with Crippen LogP contribution in [-0.4, -0.2) is 36.2 Å². The van der Waals surface area contributed by atoms with E-state index in [9.17, 15) is 17.2 Å². The summed E-state index contributed by atoms with van der Waals surface area (Å²) in [5.41, 5.74) is 0.281. The molecule has 120 valence electrons. The second kappa shape index (κ2) is 6.39. The fraction of sp³-hybridized carbons (Fsp3) is 0.769. The van der Waals surface area contributed by atoms with Crippen molar-refractivity contribution in [2.24, 2.45) is 5.92 Å². The Balaban J connectivity index is 2.17. The molecular weight excluding hydrogens is 300 g/mol. The summed E-state index contributed by atoms with van der Waals surface area (Å²) in [5, 5.41) is 7.13. The molecule has 0 amide bonds. The summed E-state index contributed by atoms with van der Waals surface area (Å²) in [6.45, 7) is 5.12. The van der Waals surface area contributed by atoms with Crippen LogP contribution in [-0.2, 0) is 16.4 Å². The van der Waals surface area contributed by atoms with E-state index in [1.54, 1.807) is 0 Å². The third kappa shape index (κ3) is 4.00. The molecule has 5 nitrogen and oxygen atoms in total. The lowest BCUT2D eigenvalue weighted by Gasteiger charge is -2.14. The number of hydrogen-bond donors (Lipinski definition) is 1. The Bertz CT molecular complexity index is 584. The first-order valence-corrected chi connectivity index (χ1v) is 8.88. The summed E-state index contributed by atoms with van der Waals surface area (Å²) in [6, 6.07) is -0.474. The molecule has 1 aliphatic heterocycles. The summed E-state index contributed by atoms with van der Waals surface area (Å²) in [7, 11) is -3.13. The van der Waals surface area contributed by atoms with Crippen LogP contribution in [0.5, 0.6) is 0 Å². The molecule has 0 saturated carbocycles. The van der Waals surface area contributed by atoms with Crippen LogP contribution in [0.1, 0.15) is 44.0 Å². The molecule has 0 aliphatic carbocycles. The number of hydrogen-bond acceptors (Lipinski definition) is 4. The van der Waals surface area contributed by atoms with E-state index in [1.165, 1.54) is 10.9 Å². The van der Waals surface area contributed by atoms with Gasteiger partial charge in [-0.25, -0.2) is 17.2 Å². The van der Waals surface area contributed by atoms with Crippen molar-refractivity contribution in [2.75, 3.05) is 18.1 Å². The molecule has 0 radical (unpaired) electrons. The quantitative estimate of drug-likeness (QED) is 0.869. The van der Waals surface area contributed by atoms with E-state index in [4.69, 9.17) is 0 Å². The van der Waals surface area contributed by atoms with Crippen molar-refractivity contribution in [1.29, 1.82) is 0 Å². The van der Waals surface area contributed by atoms with Crippen molar-refractivity contribution >= 4 is 9.84 Å². The SMILES string of the molecule is CC(C)CNCc1cnn(C2CCS(=O)(=O)C2)c1C(F)F. The maximum Gasteiger partial charge on any atom is 0.280 e. The van der Waals surface area contributed by atoms with Gasteiger partial charge in [-0.3, -0.25) is 4.68 Å². The maximum absolute atomic E-state index is 13.3. The molecule has 2 rings (SSSR count). The highest BCUT2D eigenvalue weighted by Crippen LogP contribution is 2.30. The Hall–Kier alpha value is -1.02. The molecule has 1 fully saturated rings.